The molecule has 0 spiro atoms. The summed E-state index contributed by atoms with van der Waals surface area (Å²) in [6.45, 7) is 2.09. The van der Waals surface area contributed by atoms with E-state index in [-0.39, 0.29) is 6.10 Å². The van der Waals surface area contributed by atoms with E-state index in [1.807, 2.05) is 18.2 Å². The van der Waals surface area contributed by atoms with Gasteiger partial charge in [-0.05, 0) is 23.5 Å². The van der Waals surface area contributed by atoms with Crippen LogP contribution in [-0.2, 0) is 6.42 Å². The molecular formula is C10H12O. The average Bonchev–Trinajstić information content (AvgIpc) is 2.30. The Balaban J connectivity index is 2.47. The molecule has 1 aliphatic carbocycles. The van der Waals surface area contributed by atoms with E-state index in [1.54, 1.807) is 0 Å². The maximum Gasteiger partial charge on any atom is 0.0821 e. The molecule has 2 rings (SSSR count). The quantitative estimate of drug-likeness (QED) is 0.596. The molecule has 0 amide bonds. The van der Waals surface area contributed by atoms with Gasteiger partial charge >= 0.3 is 0 Å². The number of hydrogen-bond acceptors (Lipinski definition) is 1. The fraction of sp³-hybridized carbons (Fsp3) is 0.400. The van der Waals surface area contributed by atoms with Crippen molar-refractivity contribution in [3.63, 3.8) is 0 Å². The molecule has 11 heavy (non-hydrogen) atoms. The summed E-state index contributed by atoms with van der Waals surface area (Å²) in [6, 6.07) is 8.13. The third-order valence-electron chi connectivity index (χ3n) is 2.45. The topological polar surface area (TPSA) is 20.2 Å². The minimum atomic E-state index is -0.230. The van der Waals surface area contributed by atoms with Gasteiger partial charge < -0.3 is 5.11 Å². The minimum Gasteiger partial charge on any atom is -0.388 e. The fourth-order valence-electron chi connectivity index (χ4n) is 1.77. The van der Waals surface area contributed by atoms with Crippen molar-refractivity contribution < 1.29 is 5.11 Å². The predicted octanol–water partition coefficient (Wildman–Crippen LogP) is 1.91. The first-order valence-corrected chi connectivity index (χ1v) is 4.05. The Morgan fingerprint density at radius 2 is 2.09 bits per heavy atom. The van der Waals surface area contributed by atoms with Crippen LogP contribution < -0.4 is 0 Å². The molecule has 0 aliphatic heterocycles. The van der Waals surface area contributed by atoms with Crippen molar-refractivity contribution in [2.45, 2.75) is 19.4 Å². The zero-order chi connectivity index (χ0) is 7.84. The van der Waals surface area contributed by atoms with Crippen LogP contribution in [0, 0.1) is 5.92 Å². The third-order valence-corrected chi connectivity index (χ3v) is 2.45. The molecule has 0 saturated carbocycles. The highest BCUT2D eigenvalue weighted by molar-refractivity contribution is 5.34. The molecule has 1 aliphatic rings. The molecule has 0 unspecified atom stereocenters. The van der Waals surface area contributed by atoms with Crippen molar-refractivity contribution in [1.82, 2.24) is 0 Å². The van der Waals surface area contributed by atoms with Gasteiger partial charge in [-0.1, -0.05) is 31.2 Å². The van der Waals surface area contributed by atoms with Gasteiger partial charge in [-0.15, -0.1) is 0 Å². The Labute approximate surface area is 66.7 Å². The lowest BCUT2D eigenvalue weighted by molar-refractivity contribution is 0.133. The summed E-state index contributed by atoms with van der Waals surface area (Å²) in [5, 5.41) is 9.65. The van der Waals surface area contributed by atoms with Crippen LogP contribution in [0.25, 0.3) is 0 Å². The van der Waals surface area contributed by atoms with E-state index in [9.17, 15) is 5.11 Å². The molecule has 1 nitrogen and oxygen atoms in total. The molecule has 0 fully saturated rings. The second-order valence-electron chi connectivity index (χ2n) is 3.33. The summed E-state index contributed by atoms with van der Waals surface area (Å²) >= 11 is 0. The van der Waals surface area contributed by atoms with Crippen LogP contribution >= 0.6 is 0 Å². The van der Waals surface area contributed by atoms with Crippen LogP contribution in [0.2, 0.25) is 0 Å². The third kappa shape index (κ3) is 0.962. The van der Waals surface area contributed by atoms with Gasteiger partial charge in [-0.3, -0.25) is 0 Å². The lowest BCUT2D eigenvalue weighted by Crippen LogP contribution is -2.00. The predicted molar refractivity (Wildman–Crippen MR) is 44.3 cm³/mol. The lowest BCUT2D eigenvalue weighted by Gasteiger charge is -2.07. The maximum absolute atomic E-state index is 9.65. The first kappa shape index (κ1) is 6.86. The second kappa shape index (κ2) is 2.35. The van der Waals surface area contributed by atoms with Gasteiger partial charge in [0.1, 0.15) is 0 Å². The van der Waals surface area contributed by atoms with E-state index in [1.165, 1.54) is 5.56 Å². The molecule has 0 radical (unpaired) electrons. The molecule has 0 saturated heterocycles. The number of rotatable bonds is 0. The fourth-order valence-corrected chi connectivity index (χ4v) is 1.77. The van der Waals surface area contributed by atoms with E-state index in [0.717, 1.165) is 12.0 Å². The van der Waals surface area contributed by atoms with Crippen molar-refractivity contribution in [1.29, 1.82) is 0 Å². The van der Waals surface area contributed by atoms with Crippen molar-refractivity contribution in [3.05, 3.63) is 35.4 Å². The Morgan fingerprint density at radius 3 is 2.82 bits per heavy atom. The molecule has 1 heteroatoms. The Bertz CT molecular complexity index is 267. The second-order valence-corrected chi connectivity index (χ2v) is 3.33. The van der Waals surface area contributed by atoms with Gasteiger partial charge in [0.05, 0.1) is 6.10 Å². The highest BCUT2D eigenvalue weighted by atomic mass is 16.3. The van der Waals surface area contributed by atoms with E-state index >= 15 is 0 Å². The van der Waals surface area contributed by atoms with Crippen LogP contribution in [0.5, 0.6) is 0 Å². The van der Waals surface area contributed by atoms with E-state index in [0.29, 0.717) is 5.92 Å². The highest BCUT2D eigenvalue weighted by Gasteiger charge is 2.26. The highest BCUT2D eigenvalue weighted by Crippen LogP contribution is 2.34. The summed E-state index contributed by atoms with van der Waals surface area (Å²) in [6.07, 6.45) is 0.795. The smallest absolute Gasteiger partial charge is 0.0821 e. The van der Waals surface area contributed by atoms with E-state index < -0.39 is 0 Å². The number of hydrogen-bond donors (Lipinski definition) is 1. The number of aliphatic hydroxyl groups excluding tert-OH is 1. The number of benzene rings is 1. The standard InChI is InChI=1S/C10H12O/c1-7-6-8-4-2-3-5-9(8)10(7)11/h2-5,7,10-11H,6H2,1H3/t7-,10+/m0/s1. The zero-order valence-corrected chi connectivity index (χ0v) is 6.62. The lowest BCUT2D eigenvalue weighted by atomic mass is 10.1. The summed E-state index contributed by atoms with van der Waals surface area (Å²) in [7, 11) is 0. The van der Waals surface area contributed by atoms with Crippen LogP contribution in [0.3, 0.4) is 0 Å². The van der Waals surface area contributed by atoms with E-state index in [2.05, 4.69) is 13.0 Å². The molecule has 0 bridgehead atoms. The van der Waals surface area contributed by atoms with Gasteiger partial charge in [-0.25, -0.2) is 0 Å². The molecule has 1 aromatic carbocycles. The van der Waals surface area contributed by atoms with Gasteiger partial charge in [-0.2, -0.15) is 0 Å². The van der Waals surface area contributed by atoms with Crippen molar-refractivity contribution >= 4 is 0 Å². The Kier molecular flexibility index (Phi) is 1.46. The van der Waals surface area contributed by atoms with Gasteiger partial charge in [0.25, 0.3) is 0 Å². The summed E-state index contributed by atoms with van der Waals surface area (Å²) in [5.41, 5.74) is 2.44. The zero-order valence-electron chi connectivity index (χ0n) is 6.62. The summed E-state index contributed by atoms with van der Waals surface area (Å²) in [4.78, 5) is 0. The van der Waals surface area contributed by atoms with Gasteiger partial charge in [0.2, 0.25) is 0 Å². The molecular weight excluding hydrogens is 136 g/mol. The van der Waals surface area contributed by atoms with Crippen LogP contribution in [0.15, 0.2) is 24.3 Å². The largest absolute Gasteiger partial charge is 0.388 e. The molecule has 2 atom stereocenters. The number of fused-ring (bicyclic) bond motifs is 1. The SMILES string of the molecule is C[C@H]1Cc2ccccc2[C@@H]1O. The Hall–Kier alpha value is -0.820. The van der Waals surface area contributed by atoms with Crippen LogP contribution in [0.1, 0.15) is 24.2 Å². The summed E-state index contributed by atoms with van der Waals surface area (Å²) in [5.74, 6) is 0.396. The van der Waals surface area contributed by atoms with Gasteiger partial charge in [0.15, 0.2) is 0 Å². The van der Waals surface area contributed by atoms with Crippen molar-refractivity contribution in [2.24, 2.45) is 5.92 Å². The molecule has 58 valence electrons. The normalized spacial score (nSPS) is 28.5. The molecule has 0 aromatic heterocycles. The molecule has 0 heterocycles. The van der Waals surface area contributed by atoms with E-state index in [4.69, 9.17) is 0 Å². The van der Waals surface area contributed by atoms with Crippen molar-refractivity contribution in [2.75, 3.05) is 0 Å². The monoisotopic (exact) mass is 148 g/mol. The Morgan fingerprint density at radius 1 is 1.36 bits per heavy atom. The van der Waals surface area contributed by atoms with Gasteiger partial charge in [0, 0.05) is 0 Å². The summed E-state index contributed by atoms with van der Waals surface area (Å²) < 4.78 is 0. The molecule has 1 N–H and O–H groups in total. The number of aliphatic hydroxyl groups is 1. The first-order chi connectivity index (χ1) is 5.29. The average molecular weight is 148 g/mol. The van der Waals surface area contributed by atoms with Crippen LogP contribution in [-0.4, -0.2) is 5.11 Å². The van der Waals surface area contributed by atoms with Crippen LogP contribution in [0.4, 0.5) is 0 Å². The first-order valence-electron chi connectivity index (χ1n) is 4.05. The maximum atomic E-state index is 9.65. The van der Waals surface area contributed by atoms with Crippen molar-refractivity contribution in [3.8, 4) is 0 Å². The minimum absolute atomic E-state index is 0.230. The molecule has 1 aromatic rings.